The van der Waals surface area contributed by atoms with E-state index in [0.717, 1.165) is 0 Å². The molecule has 0 spiro atoms. The normalized spacial score (nSPS) is 15.5. The Morgan fingerprint density at radius 2 is 1.11 bits per heavy atom. The van der Waals surface area contributed by atoms with Crippen LogP contribution in [0.1, 0.15) is 73.6 Å². The summed E-state index contributed by atoms with van der Waals surface area (Å²) >= 11 is 0. The van der Waals surface area contributed by atoms with Crippen molar-refractivity contribution in [2.24, 2.45) is 0 Å². The zero-order chi connectivity index (χ0) is 42.4. The van der Waals surface area contributed by atoms with Gasteiger partial charge in [0.2, 0.25) is 0 Å². The number of nitrogens with zero attached hydrogens (tertiary/aromatic N) is 2. The van der Waals surface area contributed by atoms with Crippen LogP contribution in [0.2, 0.25) is 0 Å². The first-order valence-corrected chi connectivity index (χ1v) is 22.6. The van der Waals surface area contributed by atoms with Crippen LogP contribution in [0.3, 0.4) is 0 Å². The van der Waals surface area contributed by atoms with Crippen LogP contribution in [0.5, 0.6) is 0 Å². The van der Waals surface area contributed by atoms with E-state index in [2.05, 4.69) is 238 Å². The lowest BCUT2D eigenvalue weighted by Gasteiger charge is -2.52. The molecule has 2 nitrogen and oxygen atoms in total. The third kappa shape index (κ3) is 4.70. The minimum Gasteiger partial charge on any atom is -0.376 e. The molecule has 9 aromatic carbocycles. The van der Waals surface area contributed by atoms with Gasteiger partial charge < -0.3 is 9.71 Å². The molecule has 0 bridgehead atoms. The largest absolute Gasteiger partial charge is 0.376 e. The molecule has 0 fully saturated rings. The second-order valence-electron chi connectivity index (χ2n) is 19.6. The van der Waals surface area contributed by atoms with Crippen LogP contribution >= 0.6 is 0 Å². The quantitative estimate of drug-likeness (QED) is 0.164. The third-order valence-electron chi connectivity index (χ3n) is 15.0. The number of anilines is 5. The van der Waals surface area contributed by atoms with Crippen LogP contribution in [0.4, 0.5) is 28.4 Å². The number of hydrogen-bond donors (Lipinski definition) is 0. The van der Waals surface area contributed by atoms with E-state index in [1.165, 1.54) is 111 Å². The van der Waals surface area contributed by atoms with E-state index < -0.39 is 5.41 Å². The standard InChI is InChI=1S/C60H47BN2/c1-58(2,3)39-31-33-42(34-32-39)63-55-44(35-36-49-53(55)45-25-14-15-26-47(45)59(49,4)5)46-37-38-19-12-13-24-43(38)56-54(46)61(63)51-29-18-28-50-57(51)62(56)52-30-17-16-27-48(52)60(50,40-20-8-6-9-21-40)41-22-10-7-11-23-41/h6-37H,1-5H3. The average molecular weight is 807 g/mol. The molecule has 0 saturated heterocycles. The highest BCUT2D eigenvalue weighted by Gasteiger charge is 2.54. The Hall–Kier alpha value is -7.10. The Bertz CT molecular complexity index is 3320. The average Bonchev–Trinajstić information content (AvgIpc) is 3.55. The van der Waals surface area contributed by atoms with Crippen LogP contribution in [-0.4, -0.2) is 6.85 Å². The topological polar surface area (TPSA) is 6.48 Å². The molecule has 0 N–H and O–H groups in total. The van der Waals surface area contributed by atoms with Gasteiger partial charge in [-0.1, -0.05) is 204 Å². The van der Waals surface area contributed by atoms with Crippen molar-refractivity contribution in [3.05, 3.63) is 233 Å². The molecule has 3 heterocycles. The molecule has 0 aromatic heterocycles. The molecule has 0 unspecified atom stereocenters. The van der Waals surface area contributed by atoms with Gasteiger partial charge in [-0.05, 0) is 96.1 Å². The second-order valence-corrected chi connectivity index (χ2v) is 19.6. The van der Waals surface area contributed by atoms with Gasteiger partial charge >= 0.3 is 6.85 Å². The zero-order valence-corrected chi connectivity index (χ0v) is 36.4. The number of rotatable bonds is 3. The number of hydrogen-bond acceptors (Lipinski definition) is 2. The van der Waals surface area contributed by atoms with Gasteiger partial charge in [0.15, 0.2) is 0 Å². The van der Waals surface area contributed by atoms with Crippen LogP contribution in [-0.2, 0) is 16.2 Å². The Kier molecular flexibility index (Phi) is 7.39. The maximum Gasteiger partial charge on any atom is 0.333 e. The van der Waals surface area contributed by atoms with Crippen LogP contribution in [0, 0.1) is 0 Å². The molecule has 1 aliphatic carbocycles. The molecule has 3 heteroatoms. The highest BCUT2D eigenvalue weighted by Crippen LogP contribution is 2.62. The van der Waals surface area contributed by atoms with Gasteiger partial charge in [0.1, 0.15) is 0 Å². The summed E-state index contributed by atoms with van der Waals surface area (Å²) in [5.74, 6) is 0. The van der Waals surface area contributed by atoms with Crippen molar-refractivity contribution in [3.8, 4) is 22.3 Å². The molecular formula is C60H47BN2. The lowest BCUT2D eigenvalue weighted by atomic mass is 9.42. The van der Waals surface area contributed by atoms with E-state index in [0.29, 0.717) is 0 Å². The van der Waals surface area contributed by atoms with E-state index in [1.807, 2.05) is 0 Å². The predicted molar refractivity (Wildman–Crippen MR) is 266 cm³/mol. The van der Waals surface area contributed by atoms with Gasteiger partial charge in [0.25, 0.3) is 0 Å². The predicted octanol–water partition coefficient (Wildman–Crippen LogP) is 13.8. The fourth-order valence-corrected chi connectivity index (χ4v) is 12.3. The summed E-state index contributed by atoms with van der Waals surface area (Å²) in [5, 5.41) is 2.52. The van der Waals surface area contributed by atoms with Crippen molar-refractivity contribution in [3.63, 3.8) is 0 Å². The summed E-state index contributed by atoms with van der Waals surface area (Å²) in [6.45, 7) is 11.6. The number of benzene rings is 9. The molecule has 13 rings (SSSR count). The van der Waals surface area contributed by atoms with Crippen LogP contribution < -0.4 is 20.6 Å². The van der Waals surface area contributed by atoms with Crippen LogP contribution in [0.25, 0.3) is 33.0 Å². The summed E-state index contributed by atoms with van der Waals surface area (Å²) in [7, 11) is 0. The summed E-state index contributed by atoms with van der Waals surface area (Å²) in [5.41, 5.74) is 22.8. The maximum atomic E-state index is 2.75. The molecule has 9 aromatic rings. The number of para-hydroxylation sites is 2. The smallest absolute Gasteiger partial charge is 0.333 e. The van der Waals surface area contributed by atoms with Crippen molar-refractivity contribution in [1.29, 1.82) is 0 Å². The van der Waals surface area contributed by atoms with Crippen molar-refractivity contribution >= 4 is 57.0 Å². The molecule has 63 heavy (non-hydrogen) atoms. The van der Waals surface area contributed by atoms with E-state index in [-0.39, 0.29) is 17.7 Å². The van der Waals surface area contributed by atoms with Gasteiger partial charge in [-0.2, -0.15) is 0 Å². The SMILES string of the molecule is CC(C)(C)c1ccc(N2B3c4cccc5c4N(c4ccccc4C5(c4ccccc4)c4ccccc4)c4c3c(cc3ccccc43)-c3ccc4c(c32)-c2ccccc2C4(C)C)cc1. The minimum absolute atomic E-state index is 0.0245. The van der Waals surface area contributed by atoms with Gasteiger partial charge in [-0.15, -0.1) is 0 Å². The van der Waals surface area contributed by atoms with E-state index >= 15 is 0 Å². The Balaban J connectivity index is 1.23. The molecule has 0 amide bonds. The fraction of sp³-hybridized carbons (Fsp3) is 0.133. The van der Waals surface area contributed by atoms with Crippen molar-refractivity contribution in [2.45, 2.75) is 50.9 Å². The Labute approximate surface area is 371 Å². The van der Waals surface area contributed by atoms with E-state index in [9.17, 15) is 0 Å². The summed E-state index contributed by atoms with van der Waals surface area (Å²) in [6.07, 6.45) is 0. The lowest BCUT2D eigenvalue weighted by molar-refractivity contribution is 0.590. The van der Waals surface area contributed by atoms with Crippen molar-refractivity contribution < 1.29 is 0 Å². The van der Waals surface area contributed by atoms with Gasteiger partial charge in [0.05, 0.1) is 16.8 Å². The second kappa shape index (κ2) is 12.7. The van der Waals surface area contributed by atoms with Crippen LogP contribution in [0.15, 0.2) is 194 Å². The summed E-state index contributed by atoms with van der Waals surface area (Å²) < 4.78 is 0. The van der Waals surface area contributed by atoms with E-state index in [4.69, 9.17) is 0 Å². The first-order chi connectivity index (χ1) is 30.7. The lowest BCUT2D eigenvalue weighted by Crippen LogP contribution is -2.63. The molecule has 0 radical (unpaired) electrons. The van der Waals surface area contributed by atoms with Gasteiger partial charge in [0, 0.05) is 39.0 Å². The van der Waals surface area contributed by atoms with E-state index in [1.54, 1.807) is 0 Å². The summed E-state index contributed by atoms with van der Waals surface area (Å²) in [4.78, 5) is 5.42. The molecular weight excluding hydrogens is 759 g/mol. The Morgan fingerprint density at radius 3 is 1.84 bits per heavy atom. The highest BCUT2D eigenvalue weighted by molar-refractivity contribution is 6.94. The monoisotopic (exact) mass is 806 g/mol. The van der Waals surface area contributed by atoms with Gasteiger partial charge in [-0.3, -0.25) is 0 Å². The van der Waals surface area contributed by atoms with Gasteiger partial charge in [-0.25, -0.2) is 0 Å². The maximum absolute atomic E-state index is 2.75. The highest BCUT2D eigenvalue weighted by atomic mass is 15.2. The first kappa shape index (κ1) is 36.5. The Morgan fingerprint density at radius 1 is 0.476 bits per heavy atom. The number of fused-ring (bicyclic) bond motifs is 12. The third-order valence-corrected chi connectivity index (χ3v) is 15.0. The molecule has 3 aliphatic heterocycles. The first-order valence-electron chi connectivity index (χ1n) is 22.6. The zero-order valence-electron chi connectivity index (χ0n) is 36.4. The van der Waals surface area contributed by atoms with Crippen molar-refractivity contribution in [2.75, 3.05) is 9.71 Å². The molecule has 0 saturated carbocycles. The molecule has 0 atom stereocenters. The minimum atomic E-state index is -0.582. The summed E-state index contributed by atoms with van der Waals surface area (Å²) in [6, 6.07) is 74.1. The molecule has 300 valence electrons. The van der Waals surface area contributed by atoms with Crippen molar-refractivity contribution in [1.82, 2.24) is 0 Å². The fourth-order valence-electron chi connectivity index (χ4n) is 12.3. The molecule has 4 aliphatic rings.